The van der Waals surface area contributed by atoms with Crippen molar-refractivity contribution >= 4 is 17.7 Å². The maximum Gasteiger partial charge on any atom is 0.228 e. The van der Waals surface area contributed by atoms with Crippen molar-refractivity contribution in [1.82, 2.24) is 10.6 Å². The van der Waals surface area contributed by atoms with Gasteiger partial charge in [-0.15, -0.1) is 0 Å². The number of carbonyl (C=O) groups is 1. The van der Waals surface area contributed by atoms with E-state index in [9.17, 15) is 4.79 Å². The summed E-state index contributed by atoms with van der Waals surface area (Å²) in [6, 6.07) is 0. The van der Waals surface area contributed by atoms with Gasteiger partial charge in [0.25, 0.3) is 0 Å². The summed E-state index contributed by atoms with van der Waals surface area (Å²) in [7, 11) is 1.68. The number of rotatable bonds is 9. The molecule has 0 aromatic heterocycles. The summed E-state index contributed by atoms with van der Waals surface area (Å²) in [5, 5.41) is 6.41. The summed E-state index contributed by atoms with van der Waals surface area (Å²) in [5.74, 6) is 1.40. The van der Waals surface area contributed by atoms with Gasteiger partial charge < -0.3 is 15.4 Å². The molecule has 1 aliphatic rings. The molecule has 0 radical (unpaired) electrons. The third kappa shape index (κ3) is 5.71. The first-order valence-electron chi connectivity index (χ1n) is 7.22. The van der Waals surface area contributed by atoms with Crippen LogP contribution in [-0.4, -0.2) is 51.3 Å². The Labute approximate surface area is 121 Å². The summed E-state index contributed by atoms with van der Waals surface area (Å²) in [6.45, 7) is 3.15. The first-order valence-corrected chi connectivity index (χ1v) is 8.61. The van der Waals surface area contributed by atoms with Crippen LogP contribution in [0.1, 0.15) is 32.1 Å². The third-order valence-electron chi connectivity index (χ3n) is 3.77. The zero-order chi connectivity index (χ0) is 14.0. The lowest BCUT2D eigenvalue weighted by Crippen LogP contribution is -2.50. The Morgan fingerprint density at radius 3 is 2.68 bits per heavy atom. The minimum atomic E-state index is -0.306. The summed E-state index contributed by atoms with van der Waals surface area (Å²) >= 11 is 1.88. The van der Waals surface area contributed by atoms with Gasteiger partial charge in [0.2, 0.25) is 5.91 Å². The normalized spacial score (nSPS) is 18.2. The number of unbranched alkanes of at least 4 members (excludes halogenated alkanes) is 2. The molecule has 4 nitrogen and oxygen atoms in total. The van der Waals surface area contributed by atoms with Crippen LogP contribution >= 0.6 is 11.8 Å². The zero-order valence-corrected chi connectivity index (χ0v) is 13.1. The van der Waals surface area contributed by atoms with Gasteiger partial charge in [0.1, 0.15) is 0 Å². The van der Waals surface area contributed by atoms with Crippen LogP contribution in [0.15, 0.2) is 0 Å². The van der Waals surface area contributed by atoms with Crippen LogP contribution in [0.2, 0.25) is 0 Å². The fourth-order valence-electron chi connectivity index (χ4n) is 2.56. The summed E-state index contributed by atoms with van der Waals surface area (Å²) in [6.07, 6.45) is 7.39. The lowest BCUT2D eigenvalue weighted by Gasteiger charge is -2.35. The van der Waals surface area contributed by atoms with Crippen LogP contribution < -0.4 is 10.6 Å². The molecule has 2 N–H and O–H groups in total. The lowest BCUT2D eigenvalue weighted by molar-refractivity contribution is -0.136. The van der Waals surface area contributed by atoms with Crippen LogP contribution in [0.5, 0.6) is 0 Å². The minimum Gasteiger partial charge on any atom is -0.384 e. The van der Waals surface area contributed by atoms with E-state index in [4.69, 9.17) is 4.74 Å². The smallest absolute Gasteiger partial charge is 0.228 e. The van der Waals surface area contributed by atoms with Crippen molar-refractivity contribution < 1.29 is 9.53 Å². The number of nitrogens with one attached hydrogen (secondary N) is 2. The molecule has 0 aromatic rings. The van der Waals surface area contributed by atoms with Crippen molar-refractivity contribution in [2.24, 2.45) is 5.41 Å². The molecule has 0 spiro atoms. The van der Waals surface area contributed by atoms with Crippen molar-refractivity contribution in [3.63, 3.8) is 0 Å². The van der Waals surface area contributed by atoms with Gasteiger partial charge in [-0.3, -0.25) is 4.79 Å². The predicted molar refractivity (Wildman–Crippen MR) is 81.7 cm³/mol. The Morgan fingerprint density at radius 2 is 2.05 bits per heavy atom. The van der Waals surface area contributed by atoms with Crippen molar-refractivity contribution in [1.29, 1.82) is 0 Å². The van der Waals surface area contributed by atoms with E-state index < -0.39 is 0 Å². The molecule has 0 saturated carbocycles. The monoisotopic (exact) mass is 288 g/mol. The third-order valence-corrected chi connectivity index (χ3v) is 4.47. The van der Waals surface area contributed by atoms with Gasteiger partial charge >= 0.3 is 0 Å². The number of amides is 1. The van der Waals surface area contributed by atoms with E-state index in [1.54, 1.807) is 7.11 Å². The summed E-state index contributed by atoms with van der Waals surface area (Å²) in [5.41, 5.74) is -0.306. The Hall–Kier alpha value is -0.260. The Bertz CT molecular complexity index is 250. The van der Waals surface area contributed by atoms with Crippen molar-refractivity contribution in [3.05, 3.63) is 0 Å². The van der Waals surface area contributed by atoms with E-state index in [0.717, 1.165) is 38.9 Å². The topological polar surface area (TPSA) is 50.4 Å². The molecule has 0 atom stereocenters. The highest BCUT2D eigenvalue weighted by Gasteiger charge is 2.39. The van der Waals surface area contributed by atoms with Crippen LogP contribution in [-0.2, 0) is 9.53 Å². The largest absolute Gasteiger partial charge is 0.384 e. The fraction of sp³-hybridized carbons (Fsp3) is 0.929. The van der Waals surface area contributed by atoms with Gasteiger partial charge in [-0.25, -0.2) is 0 Å². The minimum absolute atomic E-state index is 0.181. The van der Waals surface area contributed by atoms with Gasteiger partial charge in [-0.05, 0) is 50.8 Å². The van der Waals surface area contributed by atoms with Crippen LogP contribution in [0.25, 0.3) is 0 Å². The van der Waals surface area contributed by atoms with Crippen molar-refractivity contribution in [3.8, 4) is 0 Å². The molecule has 1 amide bonds. The lowest BCUT2D eigenvalue weighted by atomic mass is 9.78. The Kier molecular flexibility index (Phi) is 8.50. The van der Waals surface area contributed by atoms with Gasteiger partial charge in [0.05, 0.1) is 12.0 Å². The SMILES string of the molecule is COCC1(C(=O)NCCCCCSC)CCNCC1. The molecule has 1 aliphatic heterocycles. The number of piperidine rings is 1. The molecule has 0 bridgehead atoms. The second-order valence-electron chi connectivity index (χ2n) is 5.27. The molecule has 0 unspecified atom stereocenters. The average Bonchev–Trinajstić information content (AvgIpc) is 2.44. The highest BCUT2D eigenvalue weighted by atomic mass is 32.2. The summed E-state index contributed by atoms with van der Waals surface area (Å²) in [4.78, 5) is 12.4. The molecule has 1 heterocycles. The average molecular weight is 288 g/mol. The first kappa shape index (κ1) is 16.8. The predicted octanol–water partition coefficient (Wildman–Crippen LogP) is 1.65. The number of thioether (sulfide) groups is 1. The highest BCUT2D eigenvalue weighted by molar-refractivity contribution is 7.98. The fourth-order valence-corrected chi connectivity index (χ4v) is 3.05. The maximum absolute atomic E-state index is 12.4. The summed E-state index contributed by atoms with van der Waals surface area (Å²) < 4.78 is 5.27. The van der Waals surface area contributed by atoms with Crippen LogP contribution in [0, 0.1) is 5.41 Å². The zero-order valence-electron chi connectivity index (χ0n) is 12.3. The number of methoxy groups -OCH3 is 1. The molecule has 1 fully saturated rings. The molecular weight excluding hydrogens is 260 g/mol. The van der Waals surface area contributed by atoms with E-state index in [0.29, 0.717) is 6.61 Å². The molecule has 1 saturated heterocycles. The standard InChI is InChI=1S/C14H28N2O2S/c1-18-12-14(6-9-15-10-7-14)13(17)16-8-4-3-5-11-19-2/h15H,3-12H2,1-2H3,(H,16,17). The molecule has 1 rings (SSSR count). The van der Waals surface area contributed by atoms with E-state index in [-0.39, 0.29) is 11.3 Å². The first-order chi connectivity index (χ1) is 9.25. The number of carbonyl (C=O) groups excluding carboxylic acids is 1. The molecule has 0 aromatic carbocycles. The molecule has 5 heteroatoms. The van der Waals surface area contributed by atoms with E-state index >= 15 is 0 Å². The molecule has 112 valence electrons. The maximum atomic E-state index is 12.4. The van der Waals surface area contributed by atoms with Gasteiger partial charge in [0, 0.05) is 13.7 Å². The Morgan fingerprint density at radius 1 is 1.32 bits per heavy atom. The van der Waals surface area contributed by atoms with E-state index in [2.05, 4.69) is 16.9 Å². The van der Waals surface area contributed by atoms with Crippen molar-refractivity contribution in [2.75, 3.05) is 45.4 Å². The molecule has 19 heavy (non-hydrogen) atoms. The van der Waals surface area contributed by atoms with Gasteiger partial charge in [0.15, 0.2) is 0 Å². The molecular formula is C14H28N2O2S. The second-order valence-corrected chi connectivity index (χ2v) is 6.26. The second kappa shape index (κ2) is 9.61. The number of hydrogen-bond donors (Lipinski definition) is 2. The van der Waals surface area contributed by atoms with Gasteiger partial charge in [-0.1, -0.05) is 6.42 Å². The van der Waals surface area contributed by atoms with Crippen molar-refractivity contribution in [2.45, 2.75) is 32.1 Å². The molecule has 0 aliphatic carbocycles. The number of hydrogen-bond acceptors (Lipinski definition) is 4. The van der Waals surface area contributed by atoms with Crippen LogP contribution in [0.3, 0.4) is 0 Å². The van der Waals surface area contributed by atoms with Crippen LogP contribution in [0.4, 0.5) is 0 Å². The number of ether oxygens (including phenoxy) is 1. The van der Waals surface area contributed by atoms with Gasteiger partial charge in [-0.2, -0.15) is 11.8 Å². The quantitative estimate of drug-likeness (QED) is 0.634. The van der Waals surface area contributed by atoms with E-state index in [1.165, 1.54) is 18.6 Å². The highest BCUT2D eigenvalue weighted by Crippen LogP contribution is 2.29. The van der Waals surface area contributed by atoms with E-state index in [1.807, 2.05) is 11.8 Å². The Balaban J connectivity index is 2.28.